The first kappa shape index (κ1) is 15.5. The number of aryl methyl sites for hydroxylation is 2. The van der Waals surface area contributed by atoms with Crippen LogP contribution in [0.2, 0.25) is 0 Å². The molecule has 1 aliphatic rings. The Labute approximate surface area is 123 Å². The van der Waals surface area contributed by atoms with Crippen molar-refractivity contribution in [2.75, 3.05) is 13.7 Å². The monoisotopic (exact) mass is 275 g/mol. The minimum Gasteiger partial charge on any atom is -0.376 e. The maximum absolute atomic E-state index is 6.20. The maximum Gasteiger partial charge on any atom is 0.0665 e. The van der Waals surface area contributed by atoms with Crippen LogP contribution in [0.4, 0.5) is 0 Å². The van der Waals surface area contributed by atoms with Crippen LogP contribution >= 0.6 is 0 Å². The van der Waals surface area contributed by atoms with E-state index in [0.29, 0.717) is 12.1 Å². The molecule has 0 spiro atoms. The lowest BCUT2D eigenvalue weighted by Gasteiger charge is -2.23. The van der Waals surface area contributed by atoms with Crippen LogP contribution in [0.1, 0.15) is 61.3 Å². The van der Waals surface area contributed by atoms with Crippen LogP contribution in [0.5, 0.6) is 0 Å². The van der Waals surface area contributed by atoms with Crippen LogP contribution < -0.4 is 5.32 Å². The zero-order valence-corrected chi connectivity index (χ0v) is 13.2. The quantitative estimate of drug-likeness (QED) is 0.809. The van der Waals surface area contributed by atoms with E-state index in [2.05, 4.69) is 37.4 Å². The lowest BCUT2D eigenvalue weighted by Crippen LogP contribution is -2.26. The Morgan fingerprint density at radius 3 is 2.50 bits per heavy atom. The molecule has 1 unspecified atom stereocenters. The highest BCUT2D eigenvalue weighted by Gasteiger charge is 2.17. The molecule has 1 aliphatic carbocycles. The van der Waals surface area contributed by atoms with E-state index in [-0.39, 0.29) is 0 Å². The highest BCUT2D eigenvalue weighted by molar-refractivity contribution is 5.33. The molecule has 0 amide bonds. The van der Waals surface area contributed by atoms with E-state index in [1.54, 1.807) is 0 Å². The number of ether oxygens (including phenoxy) is 1. The molecular weight excluding hydrogens is 246 g/mol. The van der Waals surface area contributed by atoms with Crippen molar-refractivity contribution >= 4 is 0 Å². The number of hydrogen-bond donors (Lipinski definition) is 1. The first-order valence-electron chi connectivity index (χ1n) is 8.06. The maximum atomic E-state index is 6.20. The highest BCUT2D eigenvalue weighted by atomic mass is 16.5. The van der Waals surface area contributed by atoms with Crippen molar-refractivity contribution in [2.45, 2.75) is 64.5 Å². The van der Waals surface area contributed by atoms with Gasteiger partial charge in [0.1, 0.15) is 0 Å². The number of nitrogens with one attached hydrogen (secondary N) is 1. The normalized spacial score (nSPS) is 18.8. The Morgan fingerprint density at radius 2 is 1.85 bits per heavy atom. The predicted molar refractivity (Wildman–Crippen MR) is 85.2 cm³/mol. The summed E-state index contributed by atoms with van der Waals surface area (Å²) in [5.41, 5.74) is 4.04. The van der Waals surface area contributed by atoms with E-state index in [9.17, 15) is 0 Å². The number of rotatable bonds is 5. The smallest absolute Gasteiger partial charge is 0.0665 e. The van der Waals surface area contributed by atoms with Gasteiger partial charge in [-0.2, -0.15) is 0 Å². The Hall–Kier alpha value is -0.860. The molecule has 0 bridgehead atoms. The van der Waals surface area contributed by atoms with Gasteiger partial charge < -0.3 is 10.1 Å². The summed E-state index contributed by atoms with van der Waals surface area (Å²) in [5.74, 6) is 0. The van der Waals surface area contributed by atoms with Gasteiger partial charge in [-0.3, -0.25) is 0 Å². The SMILES string of the molecule is CNC(COC1CCCCCC1)c1cc(C)ccc1C. The molecule has 1 aromatic rings. The lowest BCUT2D eigenvalue weighted by molar-refractivity contribution is 0.0299. The number of hydrogen-bond acceptors (Lipinski definition) is 2. The second-order valence-electron chi connectivity index (χ2n) is 6.15. The van der Waals surface area contributed by atoms with Gasteiger partial charge >= 0.3 is 0 Å². The summed E-state index contributed by atoms with van der Waals surface area (Å²) in [4.78, 5) is 0. The zero-order chi connectivity index (χ0) is 14.4. The van der Waals surface area contributed by atoms with Crippen molar-refractivity contribution in [3.63, 3.8) is 0 Å². The summed E-state index contributed by atoms with van der Waals surface area (Å²) < 4.78 is 6.20. The summed E-state index contributed by atoms with van der Waals surface area (Å²) in [6.45, 7) is 5.12. The average Bonchev–Trinajstić information content (AvgIpc) is 2.72. The fraction of sp³-hybridized carbons (Fsp3) is 0.667. The largest absolute Gasteiger partial charge is 0.376 e. The number of likely N-dealkylation sites (N-methyl/N-ethyl adjacent to an activating group) is 1. The molecule has 0 heterocycles. The average molecular weight is 275 g/mol. The van der Waals surface area contributed by atoms with Crippen LogP contribution in [0.3, 0.4) is 0 Å². The van der Waals surface area contributed by atoms with E-state index >= 15 is 0 Å². The third kappa shape index (κ3) is 4.32. The second-order valence-corrected chi connectivity index (χ2v) is 6.15. The van der Waals surface area contributed by atoms with Crippen molar-refractivity contribution in [3.05, 3.63) is 34.9 Å². The highest BCUT2D eigenvalue weighted by Crippen LogP contribution is 2.23. The topological polar surface area (TPSA) is 21.3 Å². The summed E-state index contributed by atoms with van der Waals surface area (Å²) in [7, 11) is 2.03. The molecule has 20 heavy (non-hydrogen) atoms. The fourth-order valence-corrected chi connectivity index (χ4v) is 3.10. The third-order valence-electron chi connectivity index (χ3n) is 4.46. The van der Waals surface area contributed by atoms with Crippen LogP contribution in [-0.4, -0.2) is 19.8 Å². The first-order chi connectivity index (χ1) is 9.70. The summed E-state index contributed by atoms with van der Waals surface area (Å²) >= 11 is 0. The molecule has 1 aromatic carbocycles. The van der Waals surface area contributed by atoms with E-state index in [1.165, 1.54) is 55.2 Å². The van der Waals surface area contributed by atoms with Crippen molar-refractivity contribution in [1.29, 1.82) is 0 Å². The van der Waals surface area contributed by atoms with Gasteiger partial charge in [0, 0.05) is 0 Å². The molecule has 0 aromatic heterocycles. The van der Waals surface area contributed by atoms with Crippen molar-refractivity contribution in [3.8, 4) is 0 Å². The number of benzene rings is 1. The van der Waals surface area contributed by atoms with Gasteiger partial charge in [-0.25, -0.2) is 0 Å². The first-order valence-corrected chi connectivity index (χ1v) is 8.06. The summed E-state index contributed by atoms with van der Waals surface area (Å²) in [6.07, 6.45) is 8.38. The van der Waals surface area contributed by atoms with E-state index in [4.69, 9.17) is 4.74 Å². The summed E-state index contributed by atoms with van der Waals surface area (Å²) in [5, 5.41) is 3.42. The lowest BCUT2D eigenvalue weighted by atomic mass is 9.99. The molecule has 1 N–H and O–H groups in total. The Kier molecular flexibility index (Phi) is 6.06. The second kappa shape index (κ2) is 7.80. The molecular formula is C18H29NO. The van der Waals surface area contributed by atoms with E-state index in [0.717, 1.165) is 6.61 Å². The Morgan fingerprint density at radius 1 is 1.15 bits per heavy atom. The fourth-order valence-electron chi connectivity index (χ4n) is 3.10. The minimum absolute atomic E-state index is 0.304. The molecule has 0 saturated heterocycles. The van der Waals surface area contributed by atoms with Crippen LogP contribution in [-0.2, 0) is 4.74 Å². The predicted octanol–water partition coefficient (Wildman–Crippen LogP) is 4.30. The zero-order valence-electron chi connectivity index (χ0n) is 13.2. The minimum atomic E-state index is 0.304. The molecule has 2 heteroatoms. The van der Waals surface area contributed by atoms with Crippen LogP contribution in [0.15, 0.2) is 18.2 Å². The van der Waals surface area contributed by atoms with Crippen molar-refractivity contribution < 1.29 is 4.74 Å². The van der Waals surface area contributed by atoms with Gasteiger partial charge in [0.25, 0.3) is 0 Å². The van der Waals surface area contributed by atoms with Gasteiger partial charge in [0.2, 0.25) is 0 Å². The third-order valence-corrected chi connectivity index (χ3v) is 4.46. The van der Waals surface area contributed by atoms with Crippen molar-refractivity contribution in [2.24, 2.45) is 0 Å². The van der Waals surface area contributed by atoms with E-state index in [1.807, 2.05) is 7.05 Å². The molecule has 1 atom stereocenters. The molecule has 0 aliphatic heterocycles. The summed E-state index contributed by atoms with van der Waals surface area (Å²) in [6, 6.07) is 6.98. The molecule has 2 nitrogen and oxygen atoms in total. The van der Waals surface area contributed by atoms with Gasteiger partial charge in [-0.1, -0.05) is 49.4 Å². The van der Waals surface area contributed by atoms with Gasteiger partial charge in [-0.15, -0.1) is 0 Å². The Bertz CT molecular complexity index is 408. The van der Waals surface area contributed by atoms with Gasteiger partial charge in [-0.05, 0) is 44.9 Å². The van der Waals surface area contributed by atoms with Crippen LogP contribution in [0, 0.1) is 13.8 Å². The molecule has 2 rings (SSSR count). The van der Waals surface area contributed by atoms with Gasteiger partial charge in [0.05, 0.1) is 18.8 Å². The molecule has 112 valence electrons. The Balaban J connectivity index is 1.96. The van der Waals surface area contributed by atoms with Gasteiger partial charge in [0.15, 0.2) is 0 Å². The van der Waals surface area contributed by atoms with E-state index < -0.39 is 0 Å². The van der Waals surface area contributed by atoms with Crippen molar-refractivity contribution in [1.82, 2.24) is 5.32 Å². The molecule has 0 radical (unpaired) electrons. The molecule has 1 fully saturated rings. The molecule has 1 saturated carbocycles. The van der Waals surface area contributed by atoms with Crippen LogP contribution in [0.25, 0.3) is 0 Å². The standard InChI is InChI=1S/C18H29NO/c1-14-10-11-15(2)17(12-14)18(19-3)13-20-16-8-6-4-5-7-9-16/h10-12,16,18-19H,4-9,13H2,1-3H3.